The second kappa shape index (κ2) is 5.54. The second-order valence-corrected chi connectivity index (χ2v) is 5.76. The van der Waals surface area contributed by atoms with E-state index in [0.29, 0.717) is 5.82 Å². The van der Waals surface area contributed by atoms with Gasteiger partial charge in [-0.3, -0.25) is 10.1 Å². The molecule has 0 amide bonds. The highest BCUT2D eigenvalue weighted by Crippen LogP contribution is 2.27. The monoisotopic (exact) mass is 304 g/mol. The number of thiophene rings is 1. The van der Waals surface area contributed by atoms with Gasteiger partial charge in [-0.2, -0.15) is 5.10 Å². The highest BCUT2D eigenvalue weighted by Gasteiger charge is 2.09. The van der Waals surface area contributed by atoms with E-state index in [2.05, 4.69) is 37.7 Å². The maximum atomic E-state index is 4.57. The molecule has 0 fully saturated rings. The van der Waals surface area contributed by atoms with Gasteiger partial charge in [-0.25, -0.2) is 4.98 Å². The molecular weight excluding hydrogens is 292 g/mol. The summed E-state index contributed by atoms with van der Waals surface area (Å²) in [5.41, 5.74) is 3.01. The molecule has 0 radical (unpaired) electrons. The smallest absolute Gasteiger partial charge is 0.183 e. The van der Waals surface area contributed by atoms with Gasteiger partial charge in [0.25, 0.3) is 0 Å². The van der Waals surface area contributed by atoms with Crippen molar-refractivity contribution in [2.24, 2.45) is 0 Å². The Morgan fingerprint density at radius 3 is 2.55 bits per heavy atom. The number of aromatic amines is 1. The summed E-state index contributed by atoms with van der Waals surface area (Å²) in [6, 6.07) is 16.1. The molecule has 3 aromatic heterocycles. The molecule has 0 saturated heterocycles. The molecule has 5 heteroatoms. The average Bonchev–Trinajstić information content (AvgIpc) is 3.28. The zero-order chi connectivity index (χ0) is 14.8. The Morgan fingerprint density at radius 1 is 0.864 bits per heavy atom. The maximum Gasteiger partial charge on any atom is 0.183 e. The molecule has 1 N–H and O–H groups in total. The third-order valence-electron chi connectivity index (χ3n) is 3.33. The number of rotatable bonds is 3. The summed E-state index contributed by atoms with van der Waals surface area (Å²) in [5, 5.41) is 9.36. The van der Waals surface area contributed by atoms with Crippen LogP contribution >= 0.6 is 11.3 Å². The number of nitrogens with zero attached hydrogens (tertiary/aromatic N) is 3. The van der Waals surface area contributed by atoms with Crippen LogP contribution < -0.4 is 0 Å². The largest absolute Gasteiger partial charge is 0.263 e. The van der Waals surface area contributed by atoms with Crippen LogP contribution in [0.4, 0.5) is 0 Å². The van der Waals surface area contributed by atoms with Crippen molar-refractivity contribution in [1.82, 2.24) is 20.2 Å². The predicted octanol–water partition coefficient (Wildman–Crippen LogP) is 4.26. The fourth-order valence-corrected chi connectivity index (χ4v) is 2.96. The van der Waals surface area contributed by atoms with Crippen molar-refractivity contribution < 1.29 is 0 Å². The van der Waals surface area contributed by atoms with Crippen LogP contribution in [0.15, 0.2) is 66.3 Å². The minimum absolute atomic E-state index is 0.657. The van der Waals surface area contributed by atoms with Crippen LogP contribution in [0.1, 0.15) is 0 Å². The lowest BCUT2D eigenvalue weighted by atomic mass is 10.1. The maximum absolute atomic E-state index is 4.57. The molecule has 0 aliphatic heterocycles. The molecule has 0 atom stereocenters. The average molecular weight is 304 g/mol. The molecule has 22 heavy (non-hydrogen) atoms. The number of benzene rings is 1. The first-order chi connectivity index (χ1) is 10.9. The first-order valence-electron chi connectivity index (χ1n) is 6.87. The van der Waals surface area contributed by atoms with Gasteiger partial charge in [-0.1, -0.05) is 36.4 Å². The van der Waals surface area contributed by atoms with E-state index in [1.54, 1.807) is 17.5 Å². The lowest BCUT2D eigenvalue weighted by molar-refractivity contribution is 1.10. The zero-order valence-electron chi connectivity index (χ0n) is 11.6. The Balaban J connectivity index is 1.71. The highest BCUT2D eigenvalue weighted by atomic mass is 32.1. The standard InChI is InChI=1S/C17H12N4S/c1-2-5-12(6-3-1)16-19-17(21-20-16)14-9-13(10-18-11-14)15-7-4-8-22-15/h1-11H,(H,19,20,21). The minimum atomic E-state index is 0.657. The van der Waals surface area contributed by atoms with Gasteiger partial charge in [0.15, 0.2) is 11.6 Å². The topological polar surface area (TPSA) is 54.5 Å². The van der Waals surface area contributed by atoms with Crippen molar-refractivity contribution in [3.8, 4) is 33.2 Å². The number of pyridine rings is 1. The molecule has 106 valence electrons. The van der Waals surface area contributed by atoms with E-state index in [-0.39, 0.29) is 0 Å². The molecule has 4 nitrogen and oxygen atoms in total. The fourth-order valence-electron chi connectivity index (χ4n) is 2.26. The van der Waals surface area contributed by atoms with Crippen LogP contribution in [-0.4, -0.2) is 20.2 Å². The molecule has 0 saturated carbocycles. The van der Waals surface area contributed by atoms with E-state index >= 15 is 0 Å². The Morgan fingerprint density at radius 2 is 1.73 bits per heavy atom. The highest BCUT2D eigenvalue weighted by molar-refractivity contribution is 7.13. The molecule has 1 aromatic carbocycles. The van der Waals surface area contributed by atoms with Gasteiger partial charge in [0, 0.05) is 34.0 Å². The molecular formula is C17H12N4S. The second-order valence-electron chi connectivity index (χ2n) is 4.81. The molecule has 0 unspecified atom stereocenters. The summed E-state index contributed by atoms with van der Waals surface area (Å²) in [7, 11) is 0. The predicted molar refractivity (Wildman–Crippen MR) is 88.4 cm³/mol. The summed E-state index contributed by atoms with van der Waals surface area (Å²) < 4.78 is 0. The van der Waals surface area contributed by atoms with Crippen molar-refractivity contribution in [2.75, 3.05) is 0 Å². The van der Waals surface area contributed by atoms with Crippen molar-refractivity contribution in [2.45, 2.75) is 0 Å². The van der Waals surface area contributed by atoms with Crippen LogP contribution in [0.25, 0.3) is 33.2 Å². The normalized spacial score (nSPS) is 10.7. The van der Waals surface area contributed by atoms with E-state index in [4.69, 9.17) is 0 Å². The first kappa shape index (κ1) is 12.9. The summed E-state index contributed by atoms with van der Waals surface area (Å²) in [6.45, 7) is 0. The van der Waals surface area contributed by atoms with Crippen molar-refractivity contribution in [3.05, 3.63) is 66.3 Å². The molecule has 0 aliphatic rings. The van der Waals surface area contributed by atoms with E-state index < -0.39 is 0 Å². The zero-order valence-corrected chi connectivity index (χ0v) is 12.4. The van der Waals surface area contributed by atoms with Gasteiger partial charge in [0.2, 0.25) is 0 Å². The Kier molecular flexibility index (Phi) is 3.25. The number of aromatic nitrogens is 4. The minimum Gasteiger partial charge on any atom is -0.263 e. The van der Waals surface area contributed by atoms with Crippen LogP contribution in [0.2, 0.25) is 0 Å². The third kappa shape index (κ3) is 2.42. The summed E-state index contributed by atoms with van der Waals surface area (Å²) >= 11 is 1.69. The lowest BCUT2D eigenvalue weighted by Gasteiger charge is -1.99. The van der Waals surface area contributed by atoms with E-state index in [0.717, 1.165) is 22.5 Å². The van der Waals surface area contributed by atoms with Crippen molar-refractivity contribution in [3.63, 3.8) is 0 Å². The fraction of sp³-hybridized carbons (Fsp3) is 0. The van der Waals surface area contributed by atoms with Gasteiger partial charge in [0.05, 0.1) is 0 Å². The first-order valence-corrected chi connectivity index (χ1v) is 7.75. The SMILES string of the molecule is c1ccc(-c2nc(-c3cncc(-c4cccs4)c3)n[nH]2)cc1. The Labute approximate surface area is 131 Å². The summed E-state index contributed by atoms with van der Waals surface area (Å²) in [4.78, 5) is 10.1. The molecule has 0 spiro atoms. The van der Waals surface area contributed by atoms with Crippen LogP contribution in [0.5, 0.6) is 0 Å². The van der Waals surface area contributed by atoms with Gasteiger partial charge in [-0.15, -0.1) is 11.3 Å². The number of nitrogens with one attached hydrogen (secondary N) is 1. The van der Waals surface area contributed by atoms with E-state index in [9.17, 15) is 0 Å². The quantitative estimate of drug-likeness (QED) is 0.615. The number of hydrogen-bond donors (Lipinski definition) is 1. The van der Waals surface area contributed by atoms with Crippen LogP contribution in [-0.2, 0) is 0 Å². The Hall–Kier alpha value is -2.79. The van der Waals surface area contributed by atoms with E-state index in [1.165, 1.54) is 4.88 Å². The van der Waals surface area contributed by atoms with Gasteiger partial charge < -0.3 is 0 Å². The van der Waals surface area contributed by atoms with Crippen LogP contribution in [0.3, 0.4) is 0 Å². The number of H-pyrrole nitrogens is 1. The molecule has 3 heterocycles. The molecule has 0 aliphatic carbocycles. The Bertz CT molecular complexity index is 882. The lowest BCUT2D eigenvalue weighted by Crippen LogP contribution is -1.84. The van der Waals surface area contributed by atoms with E-state index in [1.807, 2.05) is 42.6 Å². The molecule has 4 rings (SSSR count). The van der Waals surface area contributed by atoms with Gasteiger partial charge in [0.1, 0.15) is 0 Å². The molecule has 4 aromatic rings. The summed E-state index contributed by atoms with van der Waals surface area (Å²) in [6.07, 6.45) is 3.65. The van der Waals surface area contributed by atoms with Gasteiger partial charge in [-0.05, 0) is 17.5 Å². The van der Waals surface area contributed by atoms with Crippen molar-refractivity contribution >= 4 is 11.3 Å². The van der Waals surface area contributed by atoms with Crippen LogP contribution in [0, 0.1) is 0 Å². The van der Waals surface area contributed by atoms with Gasteiger partial charge >= 0.3 is 0 Å². The number of hydrogen-bond acceptors (Lipinski definition) is 4. The third-order valence-corrected chi connectivity index (χ3v) is 4.25. The summed E-state index contributed by atoms with van der Waals surface area (Å²) in [5.74, 6) is 1.42. The molecule has 0 bridgehead atoms. The van der Waals surface area contributed by atoms with Crippen molar-refractivity contribution in [1.29, 1.82) is 0 Å².